The van der Waals surface area contributed by atoms with Crippen LogP contribution >= 0.6 is 0 Å². The summed E-state index contributed by atoms with van der Waals surface area (Å²) in [7, 11) is 0. The van der Waals surface area contributed by atoms with Gasteiger partial charge in [0, 0.05) is 64.1 Å². The van der Waals surface area contributed by atoms with Crippen LogP contribution in [0.15, 0.2) is 25.3 Å². The predicted molar refractivity (Wildman–Crippen MR) is 136 cm³/mol. The van der Waals surface area contributed by atoms with E-state index in [0.717, 1.165) is 37.8 Å². The van der Waals surface area contributed by atoms with E-state index >= 15 is 0 Å². The number of hydrogen-bond donors (Lipinski definition) is 3. The largest absolute Gasteiger partial charge is 0.463 e. The molecule has 1 saturated carbocycles. The Morgan fingerprint density at radius 1 is 0.919 bits per heavy atom. The summed E-state index contributed by atoms with van der Waals surface area (Å²) in [4.78, 5) is 43.9. The normalized spacial score (nSPS) is 19.4. The Balaban J connectivity index is 0. The maximum atomic E-state index is 12.0. The van der Waals surface area contributed by atoms with E-state index in [2.05, 4.69) is 49.3 Å². The van der Waals surface area contributed by atoms with Crippen molar-refractivity contribution in [3.8, 4) is 0 Å². The summed E-state index contributed by atoms with van der Waals surface area (Å²) in [6, 6.07) is 0.0123. The van der Waals surface area contributed by atoms with Crippen LogP contribution in [0.25, 0.3) is 0 Å². The third-order valence-electron chi connectivity index (χ3n) is 5.52. The second-order valence-corrected chi connectivity index (χ2v) is 9.92. The molecular formula is C26H44N2O8Y. The van der Waals surface area contributed by atoms with Crippen molar-refractivity contribution >= 4 is 24.4 Å². The van der Waals surface area contributed by atoms with Crippen molar-refractivity contribution in [3.63, 3.8) is 0 Å². The van der Waals surface area contributed by atoms with Crippen LogP contribution < -0.4 is 10.6 Å². The van der Waals surface area contributed by atoms with Crippen molar-refractivity contribution in [2.24, 2.45) is 10.8 Å². The fraction of sp³-hybridized carbons (Fsp3) is 0.692. The van der Waals surface area contributed by atoms with Crippen LogP contribution in [-0.4, -0.2) is 68.6 Å². The van der Waals surface area contributed by atoms with E-state index in [1.807, 2.05) is 0 Å². The summed E-state index contributed by atoms with van der Waals surface area (Å²) in [5.74, 6) is -0.853. The van der Waals surface area contributed by atoms with Gasteiger partial charge in [0.1, 0.15) is 0 Å². The molecule has 0 aromatic heterocycles. The van der Waals surface area contributed by atoms with Crippen LogP contribution in [0.4, 0.5) is 4.79 Å². The van der Waals surface area contributed by atoms with Crippen LogP contribution in [0, 0.1) is 10.8 Å². The second kappa shape index (κ2) is 21.2. The number of amides is 2. The van der Waals surface area contributed by atoms with E-state index in [9.17, 15) is 19.2 Å². The van der Waals surface area contributed by atoms with Crippen molar-refractivity contribution in [2.45, 2.75) is 71.8 Å². The van der Waals surface area contributed by atoms with Crippen molar-refractivity contribution in [2.75, 3.05) is 33.0 Å². The molecule has 209 valence electrons. The number of ether oxygens (including phenoxy) is 3. The molecule has 1 rings (SSSR count). The van der Waals surface area contributed by atoms with Gasteiger partial charge in [0.2, 0.25) is 6.41 Å². The van der Waals surface area contributed by atoms with Gasteiger partial charge in [0.05, 0.1) is 19.8 Å². The summed E-state index contributed by atoms with van der Waals surface area (Å²) in [5, 5.41) is 14.0. The van der Waals surface area contributed by atoms with E-state index in [-0.39, 0.29) is 69.4 Å². The molecule has 37 heavy (non-hydrogen) atoms. The second-order valence-electron chi connectivity index (χ2n) is 9.92. The van der Waals surface area contributed by atoms with Crippen LogP contribution in [0.2, 0.25) is 0 Å². The monoisotopic (exact) mass is 601 g/mol. The fourth-order valence-electron chi connectivity index (χ4n) is 4.41. The first-order valence-corrected chi connectivity index (χ1v) is 12.3. The Labute approximate surface area is 246 Å². The van der Waals surface area contributed by atoms with Gasteiger partial charge in [-0.2, -0.15) is 0 Å². The molecule has 3 N–H and O–H groups in total. The number of rotatable bonds is 15. The van der Waals surface area contributed by atoms with Gasteiger partial charge in [-0.05, 0) is 55.8 Å². The Morgan fingerprint density at radius 3 is 1.92 bits per heavy atom. The number of nitrogens with one attached hydrogen (secondary N) is 2. The average Bonchev–Trinajstić information content (AvgIpc) is 2.81. The van der Waals surface area contributed by atoms with Gasteiger partial charge in [0.25, 0.3) is 0 Å². The zero-order chi connectivity index (χ0) is 27.5. The first-order valence-electron chi connectivity index (χ1n) is 12.3. The van der Waals surface area contributed by atoms with Gasteiger partial charge >= 0.3 is 18.0 Å². The first kappa shape index (κ1) is 37.4. The molecule has 2 amide bonds. The molecule has 0 saturated heterocycles. The standard InChI is InChI=1S/C19H32N2O5.C7H12O3.Y/c1-5-16(23)25-8-6-7-9-26-17(24)21-15-10-18(2,3)12-19(4,11-15)13-20-14-22;1-2-7(9)10-6-4-3-5-8;/h5,14-15H,1,6-13H2,2-4H3,(H,20,22)(H,21,24);2,8H,1,3-6H2;. The number of esters is 2. The summed E-state index contributed by atoms with van der Waals surface area (Å²) in [5.41, 5.74) is 0.0141. The Kier molecular flexibility index (Phi) is 21.4. The van der Waals surface area contributed by atoms with Crippen molar-refractivity contribution in [1.82, 2.24) is 10.6 Å². The molecule has 0 spiro atoms. The van der Waals surface area contributed by atoms with Gasteiger partial charge in [-0.15, -0.1) is 0 Å². The number of unbranched alkanes of at least 4 members (excludes halogenated alkanes) is 2. The number of hydrogen-bond acceptors (Lipinski definition) is 8. The molecule has 1 aliphatic carbocycles. The van der Waals surface area contributed by atoms with Gasteiger partial charge in [0.15, 0.2) is 0 Å². The maximum absolute atomic E-state index is 12.0. The molecule has 0 heterocycles. The zero-order valence-electron chi connectivity index (χ0n) is 22.6. The zero-order valence-corrected chi connectivity index (χ0v) is 25.4. The summed E-state index contributed by atoms with van der Waals surface area (Å²) < 4.78 is 14.7. The number of aliphatic hydroxyl groups is 1. The van der Waals surface area contributed by atoms with E-state index in [4.69, 9.17) is 14.6 Å². The van der Waals surface area contributed by atoms with Crippen LogP contribution in [0.1, 0.15) is 65.7 Å². The average molecular weight is 602 g/mol. The number of carbonyl (C=O) groups excluding carboxylic acids is 4. The van der Waals surface area contributed by atoms with Crippen molar-refractivity contribution < 1.29 is 71.2 Å². The summed E-state index contributed by atoms with van der Waals surface area (Å²) in [6.07, 6.45) is 7.80. The van der Waals surface area contributed by atoms with Crippen LogP contribution in [-0.2, 0) is 61.3 Å². The molecule has 0 aromatic rings. The Morgan fingerprint density at radius 2 is 1.43 bits per heavy atom. The Bertz CT molecular complexity index is 717. The summed E-state index contributed by atoms with van der Waals surface area (Å²) >= 11 is 0. The van der Waals surface area contributed by atoms with E-state index in [1.165, 1.54) is 0 Å². The third-order valence-corrected chi connectivity index (χ3v) is 5.52. The van der Waals surface area contributed by atoms with Crippen LogP contribution in [0.3, 0.4) is 0 Å². The summed E-state index contributed by atoms with van der Waals surface area (Å²) in [6.45, 7) is 14.7. The van der Waals surface area contributed by atoms with Crippen molar-refractivity contribution in [1.29, 1.82) is 0 Å². The molecule has 1 radical (unpaired) electrons. The molecule has 1 aliphatic rings. The van der Waals surface area contributed by atoms with E-state index in [0.29, 0.717) is 38.8 Å². The number of aliphatic hydroxyl groups excluding tert-OH is 1. The Hall–Kier alpha value is -1.78. The topological polar surface area (TPSA) is 140 Å². The molecule has 10 nitrogen and oxygen atoms in total. The molecule has 2 atom stereocenters. The first-order chi connectivity index (χ1) is 17.0. The molecule has 0 aromatic carbocycles. The SMILES string of the molecule is C=CC(=O)OCCCCO.C=CC(=O)OCCCCOC(=O)NC1CC(C)(C)CC(C)(CNC=O)C1.[Y]. The molecule has 2 unspecified atom stereocenters. The molecule has 0 aliphatic heterocycles. The van der Waals surface area contributed by atoms with Crippen LogP contribution in [0.5, 0.6) is 0 Å². The fourth-order valence-corrected chi connectivity index (χ4v) is 4.41. The maximum Gasteiger partial charge on any atom is 0.407 e. The molecule has 0 bridgehead atoms. The predicted octanol–water partition coefficient (Wildman–Crippen LogP) is 3.04. The number of alkyl carbamates (subject to hydrolysis) is 1. The third kappa shape index (κ3) is 19.9. The van der Waals surface area contributed by atoms with Crippen molar-refractivity contribution in [3.05, 3.63) is 25.3 Å². The van der Waals surface area contributed by atoms with E-state index < -0.39 is 18.0 Å². The van der Waals surface area contributed by atoms with E-state index in [1.54, 1.807) is 0 Å². The minimum Gasteiger partial charge on any atom is -0.463 e. The quantitative estimate of drug-likeness (QED) is 0.0856. The minimum absolute atomic E-state index is 0. The smallest absolute Gasteiger partial charge is 0.407 e. The number of carbonyl (C=O) groups is 4. The molecule has 11 heteroatoms. The van der Waals surface area contributed by atoms with Gasteiger partial charge in [-0.25, -0.2) is 14.4 Å². The molecule has 1 fully saturated rings. The van der Waals surface area contributed by atoms with Gasteiger partial charge in [-0.1, -0.05) is 33.9 Å². The minimum atomic E-state index is -0.448. The van der Waals surface area contributed by atoms with Gasteiger partial charge < -0.3 is 30.0 Å². The van der Waals surface area contributed by atoms with Gasteiger partial charge in [-0.3, -0.25) is 4.79 Å². The molecular weight excluding hydrogens is 557 g/mol.